The third-order valence-electron chi connectivity index (χ3n) is 3.90. The van der Waals surface area contributed by atoms with E-state index in [0.717, 1.165) is 13.1 Å². The molecule has 0 bridgehead atoms. The zero-order valence-electron chi connectivity index (χ0n) is 12.2. The molecule has 104 valence electrons. The predicted molar refractivity (Wildman–Crippen MR) is 88.0 cm³/mol. The molecule has 1 N–H and O–H groups in total. The van der Waals surface area contributed by atoms with Crippen molar-refractivity contribution in [3.05, 3.63) is 33.8 Å². The molecular formula is C16H23NS2. The highest BCUT2D eigenvalue weighted by Crippen LogP contribution is 2.29. The molecule has 0 saturated carbocycles. The molecule has 0 aliphatic carbocycles. The maximum absolute atomic E-state index is 3.60. The lowest BCUT2D eigenvalue weighted by molar-refractivity contribution is 0.238. The quantitative estimate of drug-likeness (QED) is 0.767. The van der Waals surface area contributed by atoms with Crippen molar-refractivity contribution in [2.75, 3.05) is 6.54 Å². The van der Waals surface area contributed by atoms with Crippen LogP contribution in [-0.4, -0.2) is 6.54 Å². The smallest absolute Gasteiger partial charge is 0.0351 e. The van der Waals surface area contributed by atoms with Crippen molar-refractivity contribution < 1.29 is 0 Å². The summed E-state index contributed by atoms with van der Waals surface area (Å²) in [4.78, 5) is 2.79. The summed E-state index contributed by atoms with van der Waals surface area (Å²) in [5.74, 6) is 0.699. The largest absolute Gasteiger partial charge is 0.311 e. The van der Waals surface area contributed by atoms with E-state index in [9.17, 15) is 0 Å². The molecule has 2 rings (SSSR count). The lowest BCUT2D eigenvalue weighted by atomic mass is 9.81. The molecule has 0 amide bonds. The van der Waals surface area contributed by atoms with Crippen LogP contribution in [0.15, 0.2) is 29.0 Å². The van der Waals surface area contributed by atoms with Gasteiger partial charge in [-0.2, -0.15) is 0 Å². The predicted octanol–water partition coefficient (Wildman–Crippen LogP) is 5.25. The molecule has 2 heterocycles. The van der Waals surface area contributed by atoms with Gasteiger partial charge in [0.25, 0.3) is 0 Å². The summed E-state index contributed by atoms with van der Waals surface area (Å²) in [6, 6.07) is 6.61. The van der Waals surface area contributed by atoms with Gasteiger partial charge < -0.3 is 5.32 Å². The van der Waals surface area contributed by atoms with Crippen molar-refractivity contribution in [2.24, 2.45) is 11.3 Å². The average molecular weight is 294 g/mol. The second-order valence-corrected chi connectivity index (χ2v) is 7.97. The zero-order valence-corrected chi connectivity index (χ0v) is 13.8. The van der Waals surface area contributed by atoms with Crippen molar-refractivity contribution >= 4 is 22.7 Å². The van der Waals surface area contributed by atoms with Crippen molar-refractivity contribution in [1.29, 1.82) is 0 Å². The number of rotatable bonds is 6. The summed E-state index contributed by atoms with van der Waals surface area (Å²) in [7, 11) is 0. The molecule has 0 saturated heterocycles. The maximum Gasteiger partial charge on any atom is 0.0351 e. The standard InChI is InChI=1S/C16H23NS2/c1-12(2)16(3,4)11-17-9-14-8-13(10-19-14)15-6-5-7-18-15/h5-8,10,12,17H,9,11H2,1-4H3. The molecule has 3 heteroatoms. The molecule has 19 heavy (non-hydrogen) atoms. The zero-order chi connectivity index (χ0) is 13.9. The van der Waals surface area contributed by atoms with Crippen LogP contribution in [0, 0.1) is 11.3 Å². The van der Waals surface area contributed by atoms with E-state index in [-0.39, 0.29) is 0 Å². The van der Waals surface area contributed by atoms with Crippen LogP contribution in [0.4, 0.5) is 0 Å². The van der Waals surface area contributed by atoms with E-state index >= 15 is 0 Å². The number of hydrogen-bond acceptors (Lipinski definition) is 3. The molecule has 2 aromatic heterocycles. The summed E-state index contributed by atoms with van der Waals surface area (Å²) < 4.78 is 0. The Hall–Kier alpha value is -0.640. The second-order valence-electron chi connectivity index (χ2n) is 6.03. The Kier molecular flexibility index (Phi) is 4.82. The Morgan fingerprint density at radius 3 is 2.68 bits per heavy atom. The monoisotopic (exact) mass is 293 g/mol. The first-order chi connectivity index (χ1) is 8.99. The fourth-order valence-corrected chi connectivity index (χ4v) is 3.40. The van der Waals surface area contributed by atoms with E-state index in [2.05, 4.69) is 62.0 Å². The van der Waals surface area contributed by atoms with Crippen LogP contribution in [0.5, 0.6) is 0 Å². The molecule has 0 atom stereocenters. The van der Waals surface area contributed by atoms with E-state index in [1.54, 1.807) is 0 Å². The number of hydrogen-bond donors (Lipinski definition) is 1. The van der Waals surface area contributed by atoms with Gasteiger partial charge in [-0.3, -0.25) is 0 Å². The SMILES string of the molecule is CC(C)C(C)(C)CNCc1cc(-c2cccs2)cs1. The molecule has 0 aliphatic rings. The van der Waals surface area contributed by atoms with Crippen molar-refractivity contribution in [3.63, 3.8) is 0 Å². The minimum atomic E-state index is 0.355. The van der Waals surface area contributed by atoms with Crippen molar-refractivity contribution in [3.8, 4) is 10.4 Å². The van der Waals surface area contributed by atoms with Gasteiger partial charge in [0, 0.05) is 28.4 Å². The van der Waals surface area contributed by atoms with Crippen molar-refractivity contribution in [2.45, 2.75) is 34.2 Å². The fourth-order valence-electron chi connectivity index (χ4n) is 1.76. The summed E-state index contributed by atoms with van der Waals surface area (Å²) in [6.07, 6.45) is 0. The molecule has 0 spiro atoms. The number of thiophene rings is 2. The average Bonchev–Trinajstić information content (AvgIpc) is 2.98. The highest BCUT2D eigenvalue weighted by Gasteiger charge is 2.21. The molecule has 1 nitrogen and oxygen atoms in total. The van der Waals surface area contributed by atoms with Crippen LogP contribution in [0.1, 0.15) is 32.6 Å². The molecule has 2 aromatic rings. The Labute approximate surface area is 124 Å². The first-order valence-electron chi connectivity index (χ1n) is 6.81. The Balaban J connectivity index is 1.88. The first-order valence-corrected chi connectivity index (χ1v) is 8.57. The molecule has 0 aliphatic heterocycles. The van der Waals surface area contributed by atoms with Crippen LogP contribution in [0.25, 0.3) is 10.4 Å². The van der Waals surface area contributed by atoms with Gasteiger partial charge in [0.15, 0.2) is 0 Å². The highest BCUT2D eigenvalue weighted by atomic mass is 32.1. The molecule has 0 unspecified atom stereocenters. The Bertz CT molecular complexity index is 495. The normalized spacial score (nSPS) is 12.3. The van der Waals surface area contributed by atoms with Gasteiger partial charge >= 0.3 is 0 Å². The van der Waals surface area contributed by atoms with Gasteiger partial charge in [-0.05, 0) is 34.2 Å². The lowest BCUT2D eigenvalue weighted by Gasteiger charge is -2.29. The first kappa shape index (κ1) is 14.8. The van der Waals surface area contributed by atoms with Crippen LogP contribution in [0.2, 0.25) is 0 Å². The summed E-state index contributed by atoms with van der Waals surface area (Å²) in [5, 5.41) is 7.99. The van der Waals surface area contributed by atoms with E-state index in [0.29, 0.717) is 11.3 Å². The molecule has 0 radical (unpaired) electrons. The molecule has 0 fully saturated rings. The summed E-state index contributed by atoms with van der Waals surface area (Å²) >= 11 is 3.66. The van der Waals surface area contributed by atoms with E-state index in [4.69, 9.17) is 0 Å². The fraction of sp³-hybridized carbons (Fsp3) is 0.500. The van der Waals surface area contributed by atoms with E-state index in [1.807, 2.05) is 22.7 Å². The minimum absolute atomic E-state index is 0.355. The van der Waals surface area contributed by atoms with Crippen LogP contribution in [-0.2, 0) is 6.54 Å². The van der Waals surface area contributed by atoms with Gasteiger partial charge in [0.1, 0.15) is 0 Å². The third kappa shape index (κ3) is 3.91. The van der Waals surface area contributed by atoms with E-state index in [1.165, 1.54) is 15.3 Å². The van der Waals surface area contributed by atoms with Gasteiger partial charge in [0.05, 0.1) is 0 Å². The number of nitrogens with one attached hydrogen (secondary N) is 1. The van der Waals surface area contributed by atoms with Gasteiger partial charge in [0.2, 0.25) is 0 Å². The lowest BCUT2D eigenvalue weighted by Crippen LogP contribution is -2.32. The van der Waals surface area contributed by atoms with Crippen molar-refractivity contribution in [1.82, 2.24) is 5.32 Å². The highest BCUT2D eigenvalue weighted by molar-refractivity contribution is 7.14. The Morgan fingerprint density at radius 2 is 2.05 bits per heavy atom. The van der Waals surface area contributed by atoms with Crippen LogP contribution in [0.3, 0.4) is 0 Å². The van der Waals surface area contributed by atoms with Crippen LogP contribution >= 0.6 is 22.7 Å². The third-order valence-corrected chi connectivity index (χ3v) is 5.76. The molecule has 0 aromatic carbocycles. The Morgan fingerprint density at radius 1 is 1.26 bits per heavy atom. The summed E-state index contributed by atoms with van der Waals surface area (Å²) in [5.41, 5.74) is 1.72. The molecular weight excluding hydrogens is 270 g/mol. The van der Waals surface area contributed by atoms with Gasteiger partial charge in [-0.15, -0.1) is 22.7 Å². The maximum atomic E-state index is 3.60. The van der Waals surface area contributed by atoms with Crippen LogP contribution < -0.4 is 5.32 Å². The van der Waals surface area contributed by atoms with Gasteiger partial charge in [-0.25, -0.2) is 0 Å². The second kappa shape index (κ2) is 6.21. The summed E-state index contributed by atoms with van der Waals surface area (Å²) in [6.45, 7) is 11.3. The minimum Gasteiger partial charge on any atom is -0.311 e. The van der Waals surface area contributed by atoms with E-state index < -0.39 is 0 Å². The van der Waals surface area contributed by atoms with Gasteiger partial charge in [-0.1, -0.05) is 33.8 Å². The topological polar surface area (TPSA) is 12.0 Å².